The Labute approximate surface area is 86.8 Å². The summed E-state index contributed by atoms with van der Waals surface area (Å²) in [6.45, 7) is -1.85. The van der Waals surface area contributed by atoms with Gasteiger partial charge in [-0.2, -0.15) is 22.0 Å². The number of hydrogen-bond donors (Lipinski definition) is 1. The second-order valence-electron chi connectivity index (χ2n) is 3.05. The van der Waals surface area contributed by atoms with E-state index in [0.29, 0.717) is 0 Å². The summed E-state index contributed by atoms with van der Waals surface area (Å²) in [5.74, 6) is -5.39. The molecule has 0 bridgehead atoms. The lowest BCUT2D eigenvalue weighted by molar-refractivity contribution is -0.290. The van der Waals surface area contributed by atoms with Crippen molar-refractivity contribution >= 4 is 5.69 Å². The Kier molecular flexibility index (Phi) is 2.97. The Balaban J connectivity index is 2.68. The maximum absolute atomic E-state index is 12.4. The van der Waals surface area contributed by atoms with Gasteiger partial charge in [-0.3, -0.25) is 4.68 Å². The van der Waals surface area contributed by atoms with Crippen LogP contribution in [0.3, 0.4) is 0 Å². The fraction of sp³-hybridized carbons (Fsp3) is 0.571. The van der Waals surface area contributed by atoms with Crippen LogP contribution in [0.1, 0.15) is 0 Å². The van der Waals surface area contributed by atoms with Gasteiger partial charge in [0, 0.05) is 7.05 Å². The second-order valence-corrected chi connectivity index (χ2v) is 3.05. The number of hydrogen-bond acceptors (Lipinski definition) is 3. The van der Waals surface area contributed by atoms with Crippen molar-refractivity contribution in [2.45, 2.75) is 12.1 Å². The average Bonchev–Trinajstić information content (AvgIpc) is 2.39. The Hall–Kier alpha value is -1.54. The van der Waals surface area contributed by atoms with E-state index in [9.17, 15) is 22.0 Å². The monoisotopic (exact) mass is 245 g/mol. The maximum atomic E-state index is 12.4. The minimum atomic E-state index is -5.66. The van der Waals surface area contributed by atoms with Crippen molar-refractivity contribution in [2.75, 3.05) is 12.3 Å². The van der Waals surface area contributed by atoms with E-state index in [4.69, 9.17) is 5.73 Å². The summed E-state index contributed by atoms with van der Waals surface area (Å²) in [7, 11) is 1.42. The van der Waals surface area contributed by atoms with E-state index in [1.807, 2.05) is 0 Å². The summed E-state index contributed by atoms with van der Waals surface area (Å²) < 4.78 is 65.5. The number of alkyl halides is 5. The number of anilines is 1. The van der Waals surface area contributed by atoms with Gasteiger partial charge in [-0.1, -0.05) is 0 Å². The SMILES string of the molecule is Cn1cc(N)c(OCC(F)(F)C(F)(F)F)n1. The predicted octanol–water partition coefficient (Wildman–Crippen LogP) is 1.58. The number of nitrogens with zero attached hydrogens (tertiary/aromatic N) is 2. The highest BCUT2D eigenvalue weighted by Gasteiger charge is 2.58. The average molecular weight is 245 g/mol. The number of nitrogen functional groups attached to an aromatic ring is 1. The molecule has 0 fully saturated rings. The molecule has 1 heterocycles. The van der Waals surface area contributed by atoms with Crippen molar-refractivity contribution in [3.05, 3.63) is 6.20 Å². The maximum Gasteiger partial charge on any atom is 0.456 e. The van der Waals surface area contributed by atoms with E-state index in [0.717, 1.165) is 4.68 Å². The Morgan fingerprint density at radius 2 is 1.94 bits per heavy atom. The van der Waals surface area contributed by atoms with E-state index < -0.39 is 24.6 Å². The summed E-state index contributed by atoms with van der Waals surface area (Å²) in [6, 6.07) is 0. The largest absolute Gasteiger partial charge is 0.468 e. The lowest BCUT2D eigenvalue weighted by Crippen LogP contribution is -2.41. The summed E-state index contributed by atoms with van der Waals surface area (Å²) in [4.78, 5) is 0. The minimum Gasteiger partial charge on any atom is -0.468 e. The summed E-state index contributed by atoms with van der Waals surface area (Å²) in [5.41, 5.74) is 5.13. The molecule has 0 unspecified atom stereocenters. The number of aromatic nitrogens is 2. The van der Waals surface area contributed by atoms with Crippen molar-refractivity contribution in [1.29, 1.82) is 0 Å². The number of rotatable bonds is 3. The highest BCUT2D eigenvalue weighted by atomic mass is 19.4. The smallest absolute Gasteiger partial charge is 0.456 e. The molecule has 92 valence electrons. The summed E-state index contributed by atoms with van der Waals surface area (Å²) >= 11 is 0. The minimum absolute atomic E-state index is 0.111. The van der Waals surface area contributed by atoms with E-state index in [1.165, 1.54) is 13.2 Å². The van der Waals surface area contributed by atoms with E-state index in [-0.39, 0.29) is 5.69 Å². The van der Waals surface area contributed by atoms with Crippen LogP contribution in [0, 0.1) is 0 Å². The molecule has 1 aromatic rings. The van der Waals surface area contributed by atoms with Crippen LogP contribution in [0.15, 0.2) is 6.20 Å². The van der Waals surface area contributed by atoms with E-state index >= 15 is 0 Å². The molecule has 0 saturated carbocycles. The Bertz CT molecular complexity index is 373. The number of nitrogens with two attached hydrogens (primary N) is 1. The molecular weight excluding hydrogens is 237 g/mol. The van der Waals surface area contributed by atoms with Crippen LogP contribution in [-0.2, 0) is 7.05 Å². The van der Waals surface area contributed by atoms with Gasteiger partial charge in [0.1, 0.15) is 5.69 Å². The molecule has 0 amide bonds. The van der Waals surface area contributed by atoms with Crippen LogP contribution in [-0.4, -0.2) is 28.5 Å². The zero-order chi connectivity index (χ0) is 12.6. The highest BCUT2D eigenvalue weighted by Crippen LogP contribution is 2.36. The first kappa shape index (κ1) is 12.5. The van der Waals surface area contributed by atoms with Gasteiger partial charge in [-0.15, -0.1) is 5.10 Å². The zero-order valence-electron chi connectivity index (χ0n) is 8.05. The molecule has 4 nitrogen and oxygen atoms in total. The molecule has 1 aromatic heterocycles. The second kappa shape index (κ2) is 3.80. The molecule has 0 aliphatic carbocycles. The van der Waals surface area contributed by atoms with Gasteiger partial charge in [0.25, 0.3) is 5.88 Å². The van der Waals surface area contributed by atoms with Crippen LogP contribution in [0.2, 0.25) is 0 Å². The normalized spacial score (nSPS) is 12.9. The Morgan fingerprint density at radius 3 is 2.31 bits per heavy atom. The van der Waals surface area contributed by atoms with E-state index in [2.05, 4.69) is 9.84 Å². The first-order valence-electron chi connectivity index (χ1n) is 4.00. The van der Waals surface area contributed by atoms with Gasteiger partial charge >= 0.3 is 12.1 Å². The first-order valence-corrected chi connectivity index (χ1v) is 4.00. The topological polar surface area (TPSA) is 53.1 Å². The van der Waals surface area contributed by atoms with Crippen molar-refractivity contribution in [2.24, 2.45) is 7.05 Å². The third kappa shape index (κ3) is 2.52. The van der Waals surface area contributed by atoms with Crippen molar-refractivity contribution in [3.8, 4) is 5.88 Å². The lowest BCUT2D eigenvalue weighted by Gasteiger charge is -2.18. The molecule has 2 N–H and O–H groups in total. The molecule has 0 atom stereocenters. The fourth-order valence-electron chi connectivity index (χ4n) is 0.839. The molecule has 0 radical (unpaired) electrons. The van der Waals surface area contributed by atoms with Crippen LogP contribution in [0.25, 0.3) is 0 Å². The number of halogens is 5. The molecule has 0 saturated heterocycles. The van der Waals surface area contributed by atoms with Crippen LogP contribution < -0.4 is 10.5 Å². The molecule has 16 heavy (non-hydrogen) atoms. The molecule has 9 heteroatoms. The summed E-state index contributed by atoms with van der Waals surface area (Å²) in [6.07, 6.45) is -4.43. The highest BCUT2D eigenvalue weighted by molar-refractivity contribution is 5.45. The molecule has 0 aliphatic heterocycles. The van der Waals surface area contributed by atoms with Gasteiger partial charge in [0.15, 0.2) is 6.61 Å². The van der Waals surface area contributed by atoms with Crippen LogP contribution in [0.5, 0.6) is 5.88 Å². The van der Waals surface area contributed by atoms with Crippen LogP contribution >= 0.6 is 0 Å². The standard InChI is InChI=1S/C7H8F5N3O/c1-15-2-4(13)5(14-15)16-3-6(8,9)7(10,11)12/h2H,3,13H2,1H3. The van der Waals surface area contributed by atoms with Crippen molar-refractivity contribution in [3.63, 3.8) is 0 Å². The molecule has 1 rings (SSSR count). The summed E-state index contributed by atoms with van der Waals surface area (Å²) in [5, 5.41) is 3.46. The van der Waals surface area contributed by atoms with Crippen LogP contribution in [0.4, 0.5) is 27.6 Å². The number of ether oxygens (including phenoxy) is 1. The Morgan fingerprint density at radius 1 is 1.38 bits per heavy atom. The molecular formula is C7H8F5N3O. The molecule has 0 aromatic carbocycles. The van der Waals surface area contributed by atoms with Gasteiger partial charge < -0.3 is 10.5 Å². The predicted molar refractivity (Wildman–Crippen MR) is 44.1 cm³/mol. The first-order chi connectivity index (χ1) is 7.13. The van der Waals surface area contributed by atoms with Gasteiger partial charge in [0.05, 0.1) is 6.20 Å². The van der Waals surface area contributed by atoms with Crippen molar-refractivity contribution in [1.82, 2.24) is 9.78 Å². The van der Waals surface area contributed by atoms with Gasteiger partial charge in [0.2, 0.25) is 0 Å². The lowest BCUT2D eigenvalue weighted by atomic mass is 10.3. The quantitative estimate of drug-likeness (QED) is 0.822. The number of aryl methyl sites for hydroxylation is 1. The third-order valence-corrected chi connectivity index (χ3v) is 1.63. The third-order valence-electron chi connectivity index (χ3n) is 1.63. The van der Waals surface area contributed by atoms with Gasteiger partial charge in [-0.25, -0.2) is 0 Å². The van der Waals surface area contributed by atoms with Gasteiger partial charge in [-0.05, 0) is 0 Å². The van der Waals surface area contributed by atoms with E-state index in [1.54, 1.807) is 0 Å². The zero-order valence-corrected chi connectivity index (χ0v) is 8.05. The fourth-order valence-corrected chi connectivity index (χ4v) is 0.839. The van der Waals surface area contributed by atoms with Crippen molar-refractivity contribution < 1.29 is 26.7 Å². The molecule has 0 spiro atoms. The molecule has 0 aliphatic rings.